The molecule has 1 aliphatic rings. The number of hydrogen-bond acceptors (Lipinski definition) is 5. The van der Waals surface area contributed by atoms with Crippen LogP contribution in [-0.2, 0) is 9.59 Å². The second-order valence-corrected chi connectivity index (χ2v) is 7.84. The van der Waals surface area contributed by atoms with Crippen LogP contribution in [0.15, 0.2) is 64.3 Å². The zero-order chi connectivity index (χ0) is 22.5. The minimum absolute atomic E-state index is 0.123. The molecule has 2 aromatic carbocycles. The van der Waals surface area contributed by atoms with Gasteiger partial charge in [0, 0.05) is 11.8 Å². The summed E-state index contributed by atoms with van der Waals surface area (Å²) in [5, 5.41) is 15.7. The lowest BCUT2D eigenvalue weighted by Crippen LogP contribution is -2.44. The third kappa shape index (κ3) is 5.31. The fourth-order valence-electron chi connectivity index (χ4n) is 3.10. The van der Waals surface area contributed by atoms with Crippen LogP contribution < -0.4 is 20.1 Å². The molecule has 3 N–H and O–H groups in total. The molecule has 160 valence electrons. The zero-order valence-electron chi connectivity index (χ0n) is 16.6. The predicted molar refractivity (Wildman–Crippen MR) is 124 cm³/mol. The standard InChI is InChI=1S/C22H19BrN2O5S/c1-12-18(21(27)28)19(25-22(31)24-12)14-10-15(23)20(16(11-14)29-2)30-17(26)9-8-13-6-4-3-5-7-13/h3-11,19H,1-2H3,(H,27,28)(H2,24,25,31). The van der Waals surface area contributed by atoms with Gasteiger partial charge in [0.2, 0.25) is 0 Å². The SMILES string of the molecule is COc1cc(C2NC(=S)NC(C)=C2C(=O)O)cc(Br)c1OC(=O)C=Cc1ccccc1. The number of halogens is 1. The number of nitrogens with one attached hydrogen (secondary N) is 2. The number of carbonyl (C=O) groups is 2. The van der Waals surface area contributed by atoms with Gasteiger partial charge in [0.05, 0.1) is 23.2 Å². The molecule has 0 aliphatic carbocycles. The first kappa shape index (κ1) is 22.5. The van der Waals surface area contributed by atoms with E-state index in [0.717, 1.165) is 5.56 Å². The number of aliphatic carboxylic acids is 1. The second-order valence-electron chi connectivity index (χ2n) is 6.57. The maximum Gasteiger partial charge on any atom is 0.336 e. The van der Waals surface area contributed by atoms with E-state index >= 15 is 0 Å². The fourth-order valence-corrected chi connectivity index (χ4v) is 3.91. The highest BCUT2D eigenvalue weighted by Gasteiger charge is 2.31. The highest BCUT2D eigenvalue weighted by molar-refractivity contribution is 9.10. The van der Waals surface area contributed by atoms with Crippen LogP contribution in [-0.4, -0.2) is 29.3 Å². The van der Waals surface area contributed by atoms with Crippen molar-refractivity contribution in [2.45, 2.75) is 13.0 Å². The van der Waals surface area contributed by atoms with Crippen molar-refractivity contribution in [3.63, 3.8) is 0 Å². The molecule has 0 aromatic heterocycles. The number of carbonyl (C=O) groups excluding carboxylic acids is 1. The summed E-state index contributed by atoms with van der Waals surface area (Å²) in [5.74, 6) is -1.22. The summed E-state index contributed by atoms with van der Waals surface area (Å²) >= 11 is 8.57. The summed E-state index contributed by atoms with van der Waals surface area (Å²) in [6.45, 7) is 1.64. The van der Waals surface area contributed by atoms with Crippen LogP contribution in [0.3, 0.4) is 0 Å². The number of methoxy groups -OCH3 is 1. The number of carboxylic acid groups (broad SMARTS) is 1. The molecule has 1 heterocycles. The highest BCUT2D eigenvalue weighted by Crippen LogP contribution is 2.40. The summed E-state index contributed by atoms with van der Waals surface area (Å²) in [6.07, 6.45) is 2.96. The largest absolute Gasteiger partial charge is 0.493 e. The molecule has 9 heteroatoms. The maximum atomic E-state index is 12.3. The molecule has 0 spiro atoms. The van der Waals surface area contributed by atoms with Gasteiger partial charge in [-0.2, -0.15) is 0 Å². The first-order valence-electron chi connectivity index (χ1n) is 9.14. The molecule has 3 rings (SSSR count). The molecular weight excluding hydrogens is 484 g/mol. The van der Waals surface area contributed by atoms with Crippen LogP contribution >= 0.6 is 28.1 Å². The number of esters is 1. The van der Waals surface area contributed by atoms with Gasteiger partial charge in [-0.3, -0.25) is 0 Å². The molecule has 0 saturated heterocycles. The minimum atomic E-state index is -1.08. The Labute approximate surface area is 192 Å². The fraction of sp³-hybridized carbons (Fsp3) is 0.136. The minimum Gasteiger partial charge on any atom is -0.493 e. The molecule has 7 nitrogen and oxygen atoms in total. The average molecular weight is 503 g/mol. The van der Waals surface area contributed by atoms with E-state index in [1.165, 1.54) is 13.2 Å². The number of carboxylic acids is 1. The Morgan fingerprint density at radius 3 is 2.58 bits per heavy atom. The van der Waals surface area contributed by atoms with Crippen molar-refractivity contribution in [2.75, 3.05) is 7.11 Å². The Balaban J connectivity index is 1.90. The molecule has 1 unspecified atom stereocenters. The van der Waals surface area contributed by atoms with Crippen molar-refractivity contribution in [3.8, 4) is 11.5 Å². The second kappa shape index (κ2) is 9.76. The molecule has 2 aromatic rings. The Bertz CT molecular complexity index is 1100. The van der Waals surface area contributed by atoms with Crippen molar-refractivity contribution in [3.05, 3.63) is 75.4 Å². The van der Waals surface area contributed by atoms with Gasteiger partial charge >= 0.3 is 11.9 Å². The van der Waals surface area contributed by atoms with Gasteiger partial charge in [-0.25, -0.2) is 9.59 Å². The Morgan fingerprint density at radius 1 is 1.23 bits per heavy atom. The van der Waals surface area contributed by atoms with Crippen molar-refractivity contribution < 1.29 is 24.2 Å². The van der Waals surface area contributed by atoms with E-state index < -0.39 is 18.0 Å². The number of ether oxygens (including phenoxy) is 2. The van der Waals surface area contributed by atoms with Crippen molar-refractivity contribution in [1.82, 2.24) is 10.6 Å². The average Bonchev–Trinajstić information content (AvgIpc) is 2.73. The van der Waals surface area contributed by atoms with Crippen LogP contribution in [0.1, 0.15) is 24.1 Å². The van der Waals surface area contributed by atoms with Gasteiger partial charge < -0.3 is 25.2 Å². The van der Waals surface area contributed by atoms with Crippen LogP contribution in [0.2, 0.25) is 0 Å². The molecule has 31 heavy (non-hydrogen) atoms. The van der Waals surface area contributed by atoms with Crippen LogP contribution in [0, 0.1) is 0 Å². The van der Waals surface area contributed by atoms with E-state index in [4.69, 9.17) is 21.7 Å². The summed E-state index contributed by atoms with van der Waals surface area (Å²) in [5.41, 5.74) is 2.00. The van der Waals surface area contributed by atoms with E-state index in [0.29, 0.717) is 20.8 Å². The number of thiocarbonyl (C=S) groups is 1. The molecule has 0 bridgehead atoms. The zero-order valence-corrected chi connectivity index (χ0v) is 19.0. The number of allylic oxidation sites excluding steroid dienone is 1. The van der Waals surface area contributed by atoms with Crippen LogP contribution in [0.25, 0.3) is 6.08 Å². The maximum absolute atomic E-state index is 12.3. The molecular formula is C22H19BrN2O5S. The van der Waals surface area contributed by atoms with E-state index in [1.807, 2.05) is 30.3 Å². The molecule has 0 saturated carbocycles. The third-order valence-electron chi connectivity index (χ3n) is 4.50. The number of rotatable bonds is 6. The predicted octanol–water partition coefficient (Wildman–Crippen LogP) is 3.95. The first-order valence-corrected chi connectivity index (χ1v) is 10.3. The van der Waals surface area contributed by atoms with Crippen molar-refractivity contribution in [1.29, 1.82) is 0 Å². The van der Waals surface area contributed by atoms with Gasteiger partial charge in [0.15, 0.2) is 16.6 Å². The lowest BCUT2D eigenvalue weighted by atomic mass is 9.95. The summed E-state index contributed by atoms with van der Waals surface area (Å²) in [7, 11) is 1.43. The van der Waals surface area contributed by atoms with Gasteiger partial charge in [-0.1, -0.05) is 30.3 Å². The smallest absolute Gasteiger partial charge is 0.336 e. The van der Waals surface area contributed by atoms with E-state index in [9.17, 15) is 14.7 Å². The van der Waals surface area contributed by atoms with E-state index in [2.05, 4.69) is 26.6 Å². The highest BCUT2D eigenvalue weighted by atomic mass is 79.9. The first-order chi connectivity index (χ1) is 14.8. The van der Waals surface area contributed by atoms with E-state index in [1.54, 1.807) is 25.1 Å². The Kier molecular flexibility index (Phi) is 7.09. The van der Waals surface area contributed by atoms with Gasteiger partial charge in [0.25, 0.3) is 0 Å². The summed E-state index contributed by atoms with van der Waals surface area (Å²) in [4.78, 5) is 24.1. The summed E-state index contributed by atoms with van der Waals surface area (Å²) < 4.78 is 11.3. The van der Waals surface area contributed by atoms with Gasteiger partial charge in [-0.15, -0.1) is 0 Å². The van der Waals surface area contributed by atoms with Crippen molar-refractivity contribution >= 4 is 51.3 Å². The van der Waals surface area contributed by atoms with Crippen LogP contribution in [0.4, 0.5) is 0 Å². The van der Waals surface area contributed by atoms with E-state index in [-0.39, 0.29) is 17.1 Å². The normalized spacial score (nSPS) is 16.0. The monoisotopic (exact) mass is 502 g/mol. The number of hydrogen-bond donors (Lipinski definition) is 3. The van der Waals surface area contributed by atoms with Crippen molar-refractivity contribution in [2.24, 2.45) is 0 Å². The molecule has 0 radical (unpaired) electrons. The molecule has 0 fully saturated rings. The molecule has 1 aliphatic heterocycles. The Morgan fingerprint density at radius 2 is 1.94 bits per heavy atom. The Hall–Kier alpha value is -3.17. The lowest BCUT2D eigenvalue weighted by Gasteiger charge is -2.29. The lowest BCUT2D eigenvalue weighted by molar-refractivity contribution is -0.133. The summed E-state index contributed by atoms with van der Waals surface area (Å²) in [6, 6.07) is 11.9. The number of benzene rings is 2. The van der Waals surface area contributed by atoms with Gasteiger partial charge in [0.1, 0.15) is 0 Å². The quantitative estimate of drug-likeness (QED) is 0.236. The topological polar surface area (TPSA) is 96.9 Å². The molecule has 0 amide bonds. The third-order valence-corrected chi connectivity index (χ3v) is 5.31. The van der Waals surface area contributed by atoms with Gasteiger partial charge in [-0.05, 0) is 64.4 Å². The molecule has 1 atom stereocenters. The van der Waals surface area contributed by atoms with Crippen LogP contribution in [0.5, 0.6) is 11.5 Å².